The molecule has 0 aromatic carbocycles. The molecular formula is C54H107NO5. The molecule has 6 nitrogen and oxygen atoms in total. The zero-order valence-corrected chi connectivity index (χ0v) is 40.7. The number of hydrogen-bond donors (Lipinski definition) is 3. The molecule has 6 heteroatoms. The van der Waals surface area contributed by atoms with Crippen LogP contribution in [-0.4, -0.2) is 47.4 Å². The molecule has 1 amide bonds. The number of aliphatic hydroxyl groups excluding tert-OH is 2. The third-order valence-corrected chi connectivity index (χ3v) is 12.9. The molecule has 0 bridgehead atoms. The summed E-state index contributed by atoms with van der Waals surface area (Å²) >= 11 is 0. The van der Waals surface area contributed by atoms with Crippen LogP contribution in [0.2, 0.25) is 0 Å². The zero-order chi connectivity index (χ0) is 43.7. The minimum absolute atomic E-state index is 0.00363. The maximum absolute atomic E-state index is 12.5. The largest absolute Gasteiger partial charge is 0.466 e. The maximum atomic E-state index is 12.5. The van der Waals surface area contributed by atoms with E-state index in [-0.39, 0.29) is 18.5 Å². The molecule has 0 aliphatic carbocycles. The first kappa shape index (κ1) is 58.9. The number of carbonyl (C=O) groups excluding carboxylic acids is 2. The Morgan fingerprint density at radius 3 is 1.02 bits per heavy atom. The number of hydrogen-bond acceptors (Lipinski definition) is 5. The molecule has 0 aromatic heterocycles. The smallest absolute Gasteiger partial charge is 0.305 e. The van der Waals surface area contributed by atoms with Crippen molar-refractivity contribution in [3.63, 3.8) is 0 Å². The van der Waals surface area contributed by atoms with Gasteiger partial charge in [-0.2, -0.15) is 0 Å². The molecule has 0 aliphatic rings. The van der Waals surface area contributed by atoms with Crippen LogP contribution in [0, 0.1) is 0 Å². The van der Waals surface area contributed by atoms with Gasteiger partial charge in [-0.3, -0.25) is 9.59 Å². The molecule has 0 aromatic rings. The Morgan fingerprint density at radius 1 is 0.400 bits per heavy atom. The van der Waals surface area contributed by atoms with E-state index in [1.54, 1.807) is 0 Å². The highest BCUT2D eigenvalue weighted by molar-refractivity contribution is 5.76. The van der Waals surface area contributed by atoms with E-state index in [4.69, 9.17) is 4.74 Å². The van der Waals surface area contributed by atoms with Gasteiger partial charge >= 0.3 is 5.97 Å². The van der Waals surface area contributed by atoms with E-state index in [2.05, 4.69) is 19.2 Å². The van der Waals surface area contributed by atoms with Gasteiger partial charge in [-0.1, -0.05) is 271 Å². The van der Waals surface area contributed by atoms with E-state index < -0.39 is 12.1 Å². The monoisotopic (exact) mass is 850 g/mol. The van der Waals surface area contributed by atoms with Crippen molar-refractivity contribution in [2.24, 2.45) is 0 Å². The summed E-state index contributed by atoms with van der Waals surface area (Å²) in [6.07, 6.45) is 56.5. The predicted octanol–water partition coefficient (Wildman–Crippen LogP) is 16.4. The fraction of sp³-hybridized carbons (Fsp3) is 0.963. The topological polar surface area (TPSA) is 95.9 Å². The number of amides is 1. The van der Waals surface area contributed by atoms with Crippen molar-refractivity contribution < 1.29 is 24.5 Å². The number of aliphatic hydroxyl groups is 2. The van der Waals surface area contributed by atoms with E-state index in [1.165, 1.54) is 231 Å². The second kappa shape index (κ2) is 50.5. The van der Waals surface area contributed by atoms with Gasteiger partial charge in [0.15, 0.2) is 0 Å². The lowest BCUT2D eigenvalue weighted by Gasteiger charge is -2.22. The summed E-state index contributed by atoms with van der Waals surface area (Å²) in [7, 11) is 0. The standard InChI is InChI=1S/C54H107NO5/c1-3-5-7-9-11-13-15-16-17-20-23-27-30-34-38-42-46-52(57)51(50-56)55-53(58)47-43-39-35-31-28-24-21-18-19-22-25-29-33-37-41-45-49-60-54(59)48-44-40-36-32-26-14-12-10-8-6-4-2/h51-52,56-57H,3-50H2,1-2H3,(H,55,58). The van der Waals surface area contributed by atoms with Crippen LogP contribution in [-0.2, 0) is 14.3 Å². The zero-order valence-electron chi connectivity index (χ0n) is 40.7. The summed E-state index contributed by atoms with van der Waals surface area (Å²) in [5.41, 5.74) is 0. The Labute approximate surface area is 375 Å². The van der Waals surface area contributed by atoms with E-state index in [0.29, 0.717) is 25.9 Å². The Kier molecular flexibility index (Phi) is 49.5. The van der Waals surface area contributed by atoms with Crippen LogP contribution in [0.1, 0.15) is 309 Å². The Morgan fingerprint density at radius 2 is 0.683 bits per heavy atom. The first-order chi connectivity index (χ1) is 29.5. The minimum Gasteiger partial charge on any atom is -0.466 e. The van der Waals surface area contributed by atoms with Gasteiger partial charge in [0.1, 0.15) is 0 Å². The first-order valence-electron chi connectivity index (χ1n) is 27.3. The number of ether oxygens (including phenoxy) is 1. The van der Waals surface area contributed by atoms with Crippen LogP contribution in [0.5, 0.6) is 0 Å². The third kappa shape index (κ3) is 46.4. The number of carbonyl (C=O) groups is 2. The molecule has 0 heterocycles. The number of nitrogens with one attached hydrogen (secondary N) is 1. The summed E-state index contributed by atoms with van der Waals surface area (Å²) in [5, 5.41) is 23.3. The van der Waals surface area contributed by atoms with E-state index in [1.807, 2.05) is 0 Å². The lowest BCUT2D eigenvalue weighted by Crippen LogP contribution is -2.45. The van der Waals surface area contributed by atoms with E-state index in [9.17, 15) is 19.8 Å². The molecule has 0 saturated heterocycles. The van der Waals surface area contributed by atoms with Crippen LogP contribution >= 0.6 is 0 Å². The fourth-order valence-corrected chi connectivity index (χ4v) is 8.70. The highest BCUT2D eigenvalue weighted by Crippen LogP contribution is 2.17. The van der Waals surface area contributed by atoms with Gasteiger partial charge in [-0.05, 0) is 25.7 Å². The maximum Gasteiger partial charge on any atom is 0.305 e. The van der Waals surface area contributed by atoms with Gasteiger partial charge in [0, 0.05) is 12.8 Å². The van der Waals surface area contributed by atoms with Crippen LogP contribution in [0.15, 0.2) is 0 Å². The molecule has 3 N–H and O–H groups in total. The Hall–Kier alpha value is -1.14. The van der Waals surface area contributed by atoms with Crippen molar-refractivity contribution >= 4 is 11.9 Å². The predicted molar refractivity (Wildman–Crippen MR) is 260 cm³/mol. The number of esters is 1. The molecule has 0 aliphatic heterocycles. The Bertz CT molecular complexity index is 852. The average Bonchev–Trinajstić information content (AvgIpc) is 3.25. The second-order valence-electron chi connectivity index (χ2n) is 18.9. The van der Waals surface area contributed by atoms with Crippen LogP contribution in [0.4, 0.5) is 0 Å². The highest BCUT2D eigenvalue weighted by Gasteiger charge is 2.20. The van der Waals surface area contributed by atoms with Crippen molar-refractivity contribution in [3.05, 3.63) is 0 Å². The second-order valence-corrected chi connectivity index (χ2v) is 18.9. The van der Waals surface area contributed by atoms with Crippen LogP contribution in [0.25, 0.3) is 0 Å². The van der Waals surface area contributed by atoms with Crippen LogP contribution < -0.4 is 5.32 Å². The molecule has 0 radical (unpaired) electrons. The molecule has 2 atom stereocenters. The minimum atomic E-state index is -0.667. The molecule has 2 unspecified atom stereocenters. The summed E-state index contributed by atoms with van der Waals surface area (Å²) in [6.45, 7) is 4.95. The lowest BCUT2D eigenvalue weighted by molar-refractivity contribution is -0.143. The summed E-state index contributed by atoms with van der Waals surface area (Å²) in [5.74, 6) is -0.0355. The number of rotatable bonds is 51. The van der Waals surface area contributed by atoms with Crippen molar-refractivity contribution in [2.75, 3.05) is 13.2 Å². The quantitative estimate of drug-likeness (QED) is 0.0418. The van der Waals surface area contributed by atoms with E-state index in [0.717, 1.165) is 44.9 Å². The van der Waals surface area contributed by atoms with Crippen molar-refractivity contribution in [2.45, 2.75) is 321 Å². The van der Waals surface area contributed by atoms with Crippen molar-refractivity contribution in [3.8, 4) is 0 Å². The van der Waals surface area contributed by atoms with Gasteiger partial charge in [-0.15, -0.1) is 0 Å². The normalized spacial score (nSPS) is 12.5. The van der Waals surface area contributed by atoms with Gasteiger partial charge in [0.25, 0.3) is 0 Å². The molecule has 0 fully saturated rings. The molecular weight excluding hydrogens is 743 g/mol. The molecule has 0 saturated carbocycles. The summed E-state index contributed by atoms with van der Waals surface area (Å²) in [4.78, 5) is 24.4. The number of unbranched alkanes of at least 4 members (excludes halogenated alkanes) is 40. The van der Waals surface area contributed by atoms with Crippen LogP contribution in [0.3, 0.4) is 0 Å². The molecule has 0 rings (SSSR count). The van der Waals surface area contributed by atoms with Gasteiger partial charge in [0.2, 0.25) is 5.91 Å². The van der Waals surface area contributed by atoms with Gasteiger partial charge in [-0.25, -0.2) is 0 Å². The SMILES string of the molecule is CCCCCCCCCCCCCCCCCCC(O)C(CO)NC(=O)CCCCCCCCCCCCCCCCCCOC(=O)CCCCCCCCCCCCC. The Balaban J connectivity index is 3.42. The molecule has 0 spiro atoms. The third-order valence-electron chi connectivity index (χ3n) is 12.9. The molecule has 358 valence electrons. The first-order valence-corrected chi connectivity index (χ1v) is 27.3. The van der Waals surface area contributed by atoms with Gasteiger partial charge in [0.05, 0.1) is 25.4 Å². The van der Waals surface area contributed by atoms with Gasteiger partial charge < -0.3 is 20.3 Å². The fourth-order valence-electron chi connectivity index (χ4n) is 8.70. The van der Waals surface area contributed by atoms with Crippen molar-refractivity contribution in [1.82, 2.24) is 5.32 Å². The average molecular weight is 850 g/mol. The summed E-state index contributed by atoms with van der Waals surface area (Å²) < 4.78 is 5.45. The molecule has 60 heavy (non-hydrogen) atoms. The summed E-state index contributed by atoms with van der Waals surface area (Å²) in [6, 6.07) is -0.545. The van der Waals surface area contributed by atoms with Crippen molar-refractivity contribution in [1.29, 1.82) is 0 Å². The highest BCUT2D eigenvalue weighted by atomic mass is 16.5. The lowest BCUT2D eigenvalue weighted by atomic mass is 10.0. The van der Waals surface area contributed by atoms with E-state index >= 15 is 0 Å².